The summed E-state index contributed by atoms with van der Waals surface area (Å²) in [5.74, 6) is -0.718. The maximum atomic E-state index is 13.3. The van der Waals surface area contributed by atoms with Crippen LogP contribution in [0.25, 0.3) is 22.0 Å². The van der Waals surface area contributed by atoms with Crippen LogP contribution >= 0.6 is 0 Å². The number of carbonyl (C=O) groups is 2. The highest BCUT2D eigenvalue weighted by Gasteiger charge is 2.35. The predicted octanol–water partition coefficient (Wildman–Crippen LogP) is 4.66. The van der Waals surface area contributed by atoms with E-state index in [1.54, 1.807) is 0 Å². The topological polar surface area (TPSA) is 66.4 Å². The Balaban J connectivity index is 1.86. The summed E-state index contributed by atoms with van der Waals surface area (Å²) in [6, 6.07) is 14.3. The highest BCUT2D eigenvalue weighted by molar-refractivity contribution is 6.41. The third kappa shape index (κ3) is 4.86. The molecule has 6 heteroatoms. The lowest BCUT2D eigenvalue weighted by Gasteiger charge is -2.18. The molecule has 2 N–H and O–H groups in total. The van der Waals surface area contributed by atoms with Gasteiger partial charge in [0.2, 0.25) is 0 Å². The lowest BCUT2D eigenvalue weighted by Crippen LogP contribution is -2.24. The van der Waals surface area contributed by atoms with Gasteiger partial charge >= 0.3 is 0 Å². The second-order valence-electron chi connectivity index (χ2n) is 9.33. The molecule has 0 unspecified atom stereocenters. The monoisotopic (exact) mass is 484 g/mol. The molecule has 188 valence electrons. The van der Waals surface area contributed by atoms with Crippen molar-refractivity contribution in [1.29, 1.82) is 0 Å². The van der Waals surface area contributed by atoms with E-state index in [4.69, 9.17) is 0 Å². The number of fused-ring (bicyclic) bond motifs is 1. The number of aromatic nitrogens is 1. The van der Waals surface area contributed by atoms with Crippen molar-refractivity contribution in [3.8, 4) is 0 Å². The molecule has 0 fully saturated rings. The molecule has 0 aliphatic carbocycles. The molecule has 3 aromatic rings. The largest absolute Gasteiger partial charge is 0.393 e. The third-order valence-electron chi connectivity index (χ3n) is 7.00. The molecule has 4 rings (SSSR count). The minimum atomic E-state index is -0.365. The molecule has 1 aromatic heterocycles. The molecule has 1 aliphatic rings. The first-order valence-electron chi connectivity index (χ1n) is 12.8. The van der Waals surface area contributed by atoms with E-state index < -0.39 is 0 Å². The second-order valence-corrected chi connectivity index (χ2v) is 9.33. The van der Waals surface area contributed by atoms with Crippen molar-refractivity contribution in [2.45, 2.75) is 40.7 Å². The Hall–Kier alpha value is -3.64. The molecular weight excluding hydrogens is 448 g/mol. The number of benzene rings is 2. The summed E-state index contributed by atoms with van der Waals surface area (Å²) in [5.41, 5.74) is 6.49. The van der Waals surface area contributed by atoms with Gasteiger partial charge in [-0.25, -0.2) is 0 Å². The number of rotatable bonds is 10. The Morgan fingerprint density at radius 2 is 1.81 bits per heavy atom. The molecule has 0 saturated heterocycles. The molecule has 0 bridgehead atoms. The van der Waals surface area contributed by atoms with Gasteiger partial charge in [-0.2, -0.15) is 0 Å². The van der Waals surface area contributed by atoms with E-state index >= 15 is 0 Å². The zero-order chi connectivity index (χ0) is 25.8. The number of aryl methyl sites for hydroxylation is 3. The zero-order valence-electron chi connectivity index (χ0n) is 21.9. The summed E-state index contributed by atoms with van der Waals surface area (Å²) in [6.45, 7) is 12.3. The quantitative estimate of drug-likeness (QED) is 0.411. The van der Waals surface area contributed by atoms with E-state index in [1.807, 2.05) is 57.6 Å². The number of hydrogen-bond donors (Lipinski definition) is 2. The molecule has 0 saturated carbocycles. The van der Waals surface area contributed by atoms with Crippen molar-refractivity contribution in [3.63, 3.8) is 0 Å². The molecular formula is C30H36N4O2. The molecule has 0 atom stereocenters. The lowest BCUT2D eigenvalue weighted by molar-refractivity contribution is -0.123. The van der Waals surface area contributed by atoms with Crippen molar-refractivity contribution in [1.82, 2.24) is 20.1 Å². The van der Waals surface area contributed by atoms with Crippen LogP contribution in [-0.4, -0.2) is 48.0 Å². The normalized spacial score (nSPS) is 14.3. The fraction of sp³-hybridized carbons (Fsp3) is 0.333. The maximum absolute atomic E-state index is 13.3. The van der Waals surface area contributed by atoms with Gasteiger partial charge < -0.3 is 14.8 Å². The van der Waals surface area contributed by atoms with Crippen molar-refractivity contribution in [2.75, 3.05) is 26.7 Å². The maximum Gasteiger partial charge on any atom is 0.259 e. The highest BCUT2D eigenvalue weighted by Crippen LogP contribution is 2.38. The molecule has 36 heavy (non-hydrogen) atoms. The zero-order valence-corrected chi connectivity index (χ0v) is 21.9. The Morgan fingerprint density at radius 1 is 1.06 bits per heavy atom. The Bertz CT molecular complexity index is 1360. The number of nitrogens with one attached hydrogen (secondary N) is 2. The minimum Gasteiger partial charge on any atom is -0.393 e. The standard InChI is InChI=1S/C30H36N4O2/c1-6-33(7-2)15-10-16-34-19-25(22-11-8-9-12-26(22)34)28-27(29(35)32-30(28)36)24(18-31-5)23-17-20(3)13-14-21(23)4/h8-9,11-14,17-19,31H,6-7,10,15-16H2,1-5H3,(H,32,35,36)/b24-18+. The van der Waals surface area contributed by atoms with E-state index in [2.05, 4.69) is 52.1 Å². The summed E-state index contributed by atoms with van der Waals surface area (Å²) in [4.78, 5) is 28.9. The molecule has 2 heterocycles. The molecule has 2 aromatic carbocycles. The van der Waals surface area contributed by atoms with Crippen LogP contribution in [-0.2, 0) is 16.1 Å². The van der Waals surface area contributed by atoms with Crippen molar-refractivity contribution >= 4 is 33.9 Å². The first kappa shape index (κ1) is 25.5. The van der Waals surface area contributed by atoms with Gasteiger partial charge in [-0.3, -0.25) is 14.9 Å². The van der Waals surface area contributed by atoms with Crippen LogP contribution in [0.15, 0.2) is 60.4 Å². The van der Waals surface area contributed by atoms with Crippen molar-refractivity contribution in [2.24, 2.45) is 0 Å². The summed E-state index contributed by atoms with van der Waals surface area (Å²) in [6.07, 6.45) is 4.86. The van der Waals surface area contributed by atoms with Crippen LogP contribution in [0.4, 0.5) is 0 Å². The van der Waals surface area contributed by atoms with Crippen LogP contribution in [0, 0.1) is 13.8 Å². The summed E-state index contributed by atoms with van der Waals surface area (Å²) < 4.78 is 2.22. The van der Waals surface area contributed by atoms with Crippen LogP contribution in [0.5, 0.6) is 0 Å². The van der Waals surface area contributed by atoms with E-state index in [9.17, 15) is 9.59 Å². The SMILES string of the molecule is CCN(CC)CCCn1cc(C2=C(/C(=C/NC)c3cc(C)ccc3C)C(=O)NC2=O)c2ccccc21. The number of amides is 2. The van der Waals surface area contributed by atoms with Crippen LogP contribution in [0.1, 0.15) is 42.5 Å². The fourth-order valence-electron chi connectivity index (χ4n) is 5.06. The Kier molecular flexibility index (Phi) is 7.75. The van der Waals surface area contributed by atoms with Gasteiger partial charge in [0.05, 0.1) is 11.1 Å². The third-order valence-corrected chi connectivity index (χ3v) is 7.00. The van der Waals surface area contributed by atoms with Gasteiger partial charge in [-0.05, 0) is 57.1 Å². The van der Waals surface area contributed by atoms with Crippen molar-refractivity contribution < 1.29 is 9.59 Å². The fourth-order valence-corrected chi connectivity index (χ4v) is 5.06. The van der Waals surface area contributed by atoms with Crippen LogP contribution in [0.3, 0.4) is 0 Å². The summed E-state index contributed by atoms with van der Waals surface area (Å²) >= 11 is 0. The van der Waals surface area contributed by atoms with Gasteiger partial charge in [0, 0.05) is 48.0 Å². The molecule has 0 radical (unpaired) electrons. The minimum absolute atomic E-state index is 0.353. The lowest BCUT2D eigenvalue weighted by atomic mass is 9.89. The number of para-hydroxylation sites is 1. The molecule has 1 aliphatic heterocycles. The van der Waals surface area contributed by atoms with E-state index in [-0.39, 0.29) is 11.8 Å². The van der Waals surface area contributed by atoms with E-state index in [1.165, 1.54) is 0 Å². The van der Waals surface area contributed by atoms with Crippen LogP contribution in [0.2, 0.25) is 0 Å². The first-order valence-corrected chi connectivity index (χ1v) is 12.8. The first-order chi connectivity index (χ1) is 17.4. The Labute approximate surface area is 213 Å². The predicted molar refractivity (Wildman–Crippen MR) is 147 cm³/mol. The number of nitrogens with zero attached hydrogens (tertiary/aromatic N) is 2. The molecule has 2 amide bonds. The number of imide groups is 1. The summed E-state index contributed by atoms with van der Waals surface area (Å²) in [5, 5.41) is 6.64. The van der Waals surface area contributed by atoms with Gasteiger partial charge in [0.25, 0.3) is 11.8 Å². The Morgan fingerprint density at radius 3 is 2.53 bits per heavy atom. The number of carbonyl (C=O) groups excluding carboxylic acids is 2. The summed E-state index contributed by atoms with van der Waals surface area (Å²) in [7, 11) is 1.81. The molecule has 6 nitrogen and oxygen atoms in total. The van der Waals surface area contributed by atoms with Crippen LogP contribution < -0.4 is 10.6 Å². The molecule has 0 spiro atoms. The number of hydrogen-bond acceptors (Lipinski definition) is 4. The van der Waals surface area contributed by atoms with Crippen molar-refractivity contribution in [3.05, 3.63) is 82.7 Å². The highest BCUT2D eigenvalue weighted by atomic mass is 16.2. The average molecular weight is 485 g/mol. The average Bonchev–Trinajstić information content (AvgIpc) is 3.37. The smallest absolute Gasteiger partial charge is 0.259 e. The van der Waals surface area contributed by atoms with E-state index in [0.29, 0.717) is 11.1 Å². The second kappa shape index (κ2) is 11.0. The van der Waals surface area contributed by atoms with Gasteiger partial charge in [0.1, 0.15) is 0 Å². The van der Waals surface area contributed by atoms with E-state index in [0.717, 1.165) is 71.3 Å². The van der Waals surface area contributed by atoms with Gasteiger partial charge in [-0.15, -0.1) is 0 Å². The van der Waals surface area contributed by atoms with Gasteiger partial charge in [-0.1, -0.05) is 55.8 Å². The van der Waals surface area contributed by atoms with Gasteiger partial charge in [0.15, 0.2) is 0 Å².